The minimum Gasteiger partial charge on any atom is -1.00 e. The van der Waals surface area contributed by atoms with Crippen LogP contribution in [0.1, 0.15) is 6.99 Å². The molecule has 0 spiro atoms. The van der Waals surface area contributed by atoms with Gasteiger partial charge in [-0.25, -0.2) is 4.79 Å². The van der Waals surface area contributed by atoms with Gasteiger partial charge in [0.2, 0.25) is 0 Å². The molecule has 0 radical (unpaired) electrons. The summed E-state index contributed by atoms with van der Waals surface area (Å²) < 4.78 is 0. The first kappa shape index (κ1) is 15.4. The van der Waals surface area contributed by atoms with Crippen LogP contribution in [0, 0.1) is 11.3 Å². The van der Waals surface area contributed by atoms with Crippen molar-refractivity contribution in [2.24, 2.45) is 0 Å². The Morgan fingerprint density at radius 3 is 2.47 bits per heavy atom. The molecule has 7 heteroatoms. The van der Waals surface area contributed by atoms with E-state index >= 15 is 0 Å². The number of anilines is 2. The van der Waals surface area contributed by atoms with E-state index in [-0.39, 0.29) is 42.2 Å². The van der Waals surface area contributed by atoms with Gasteiger partial charge >= 0.3 is 41.4 Å². The fourth-order valence-electron chi connectivity index (χ4n) is 1.16. The molecule has 1 amide bonds. The molecule has 6 nitrogen and oxygen atoms in total. The van der Waals surface area contributed by atoms with Crippen molar-refractivity contribution >= 4 is 23.3 Å². The van der Waals surface area contributed by atoms with Crippen molar-refractivity contribution < 1.29 is 45.7 Å². The Bertz CT molecular complexity index is 488. The zero-order chi connectivity index (χ0) is 12.1. The van der Waals surface area contributed by atoms with Crippen LogP contribution in [0.15, 0.2) is 18.2 Å². The first-order valence-electron chi connectivity index (χ1n) is 4.35. The Labute approximate surface area is 121 Å². The summed E-state index contributed by atoms with van der Waals surface area (Å²) in [5, 5.41) is 22.2. The molecule has 3 N–H and O–H groups in total. The van der Waals surface area contributed by atoms with Crippen LogP contribution in [0.25, 0.3) is 0 Å². The molecule has 0 aliphatic heterocycles. The number of carboxylic acid groups (broad SMARTS) is 1. The van der Waals surface area contributed by atoms with Gasteiger partial charge in [-0.05, 0) is 12.1 Å². The molecule has 0 aliphatic rings. The van der Waals surface area contributed by atoms with Crippen molar-refractivity contribution in [3.8, 4) is 6.07 Å². The van der Waals surface area contributed by atoms with Gasteiger partial charge in [-0.15, -0.1) is 0 Å². The van der Waals surface area contributed by atoms with E-state index in [2.05, 4.69) is 10.6 Å². The Morgan fingerprint density at radius 2 is 2.00 bits per heavy atom. The van der Waals surface area contributed by atoms with E-state index in [4.69, 9.17) is 10.4 Å². The number of rotatable bonds is 2. The fourth-order valence-corrected chi connectivity index (χ4v) is 1.16. The second-order valence-corrected chi connectivity index (χ2v) is 2.85. The van der Waals surface area contributed by atoms with E-state index in [1.165, 1.54) is 6.07 Å². The van der Waals surface area contributed by atoms with Gasteiger partial charge < -0.3 is 17.2 Å². The molecule has 0 atom stereocenters. The average Bonchev–Trinajstić information content (AvgIpc) is 2.28. The van der Waals surface area contributed by atoms with Crippen molar-refractivity contribution in [2.75, 3.05) is 17.7 Å². The molecule has 1 rings (SSSR count). The molecule has 0 bridgehead atoms. The quantitative estimate of drug-likeness (QED) is 0.402. The van der Waals surface area contributed by atoms with E-state index in [1.807, 2.05) is 6.07 Å². The number of hydrogen-bond acceptors (Lipinski definition) is 4. The minimum atomic E-state index is -1.60. The van der Waals surface area contributed by atoms with Gasteiger partial charge in [0.05, 0.1) is 16.9 Å². The van der Waals surface area contributed by atoms with E-state index in [9.17, 15) is 9.59 Å². The predicted octanol–water partition coefficient (Wildman–Crippen LogP) is -2.26. The first-order valence-corrected chi connectivity index (χ1v) is 4.35. The smallest absolute Gasteiger partial charge is 1.00 e. The molecule has 0 unspecified atom stereocenters. The summed E-state index contributed by atoms with van der Waals surface area (Å²) in [5.41, 5.74) is 0.882. The number of nitrogens with one attached hydrogen (secondary N) is 2. The molecular weight excluding hydrogens is 233 g/mol. The minimum absolute atomic E-state index is 0. The summed E-state index contributed by atoms with van der Waals surface area (Å²) in [7, 11) is 1.62. The monoisotopic (exact) mass is 243 g/mol. The largest absolute Gasteiger partial charge is 1.00 e. The maximum absolute atomic E-state index is 10.9. The number of nitrogens with zero attached hydrogens (tertiary/aromatic N) is 1. The predicted molar refractivity (Wildman–Crippen MR) is 58.1 cm³/mol. The number of carbonyl (C=O) groups excluding carboxylic acids is 1. The number of amides is 1. The Morgan fingerprint density at radius 1 is 1.41 bits per heavy atom. The molecule has 0 saturated carbocycles. The summed E-state index contributed by atoms with van der Waals surface area (Å²) >= 11 is 0. The topological polar surface area (TPSA) is 102 Å². The van der Waals surface area contributed by atoms with Crippen LogP contribution in [0.2, 0.25) is 0 Å². The standard InChI is InChI=1S/C10H9N3O3.Na.H/c1-12-7-3-2-4-8(6(7)5-11)13-9(14)10(15)16;;/h2-4,12H,1H3,(H,13,14)(H,15,16);;/q;+1;-1. The van der Waals surface area contributed by atoms with Gasteiger partial charge in [0.1, 0.15) is 6.07 Å². The number of hydrogen-bond donors (Lipinski definition) is 3. The van der Waals surface area contributed by atoms with Crippen molar-refractivity contribution in [1.29, 1.82) is 5.26 Å². The van der Waals surface area contributed by atoms with Crippen LogP contribution in [0.3, 0.4) is 0 Å². The number of aliphatic carboxylic acids is 1. The number of carboxylic acids is 1. The summed E-state index contributed by atoms with van der Waals surface area (Å²) in [6, 6.07) is 6.60. The van der Waals surface area contributed by atoms with Crippen molar-refractivity contribution in [3.05, 3.63) is 23.8 Å². The summed E-state index contributed by atoms with van der Waals surface area (Å²) in [6.45, 7) is 0. The zero-order valence-electron chi connectivity index (χ0n) is 10.4. The summed E-state index contributed by atoms with van der Waals surface area (Å²) in [4.78, 5) is 21.3. The van der Waals surface area contributed by atoms with Crippen molar-refractivity contribution in [1.82, 2.24) is 0 Å². The summed E-state index contributed by atoms with van der Waals surface area (Å²) in [6.07, 6.45) is 0. The molecule has 0 aliphatic carbocycles. The van der Waals surface area contributed by atoms with Gasteiger partial charge in [-0.3, -0.25) is 4.79 Å². The van der Waals surface area contributed by atoms with E-state index < -0.39 is 11.9 Å². The Hall–Kier alpha value is -1.55. The van der Waals surface area contributed by atoms with Crippen molar-refractivity contribution in [3.63, 3.8) is 0 Å². The van der Waals surface area contributed by atoms with Crippen LogP contribution in [-0.2, 0) is 9.59 Å². The van der Waals surface area contributed by atoms with Crippen molar-refractivity contribution in [2.45, 2.75) is 0 Å². The molecular formula is C10H10N3NaO3. The van der Waals surface area contributed by atoms with E-state index in [0.717, 1.165) is 0 Å². The third-order valence-corrected chi connectivity index (χ3v) is 1.89. The van der Waals surface area contributed by atoms with Gasteiger partial charge in [-0.1, -0.05) is 6.07 Å². The Balaban J connectivity index is 0. The van der Waals surface area contributed by atoms with Gasteiger partial charge in [0.25, 0.3) is 0 Å². The molecule has 1 aromatic carbocycles. The third-order valence-electron chi connectivity index (χ3n) is 1.89. The molecule has 1 aromatic rings. The van der Waals surface area contributed by atoms with Crippen LogP contribution in [0.4, 0.5) is 11.4 Å². The van der Waals surface area contributed by atoms with E-state index in [0.29, 0.717) is 5.69 Å². The second-order valence-electron chi connectivity index (χ2n) is 2.85. The second kappa shape index (κ2) is 6.91. The average molecular weight is 243 g/mol. The first-order chi connectivity index (χ1) is 7.60. The normalized spacial score (nSPS) is 8.47. The van der Waals surface area contributed by atoms with Crippen LogP contribution >= 0.6 is 0 Å². The number of nitriles is 1. The molecule has 0 aromatic heterocycles. The van der Waals surface area contributed by atoms with Crippen LogP contribution in [0.5, 0.6) is 0 Å². The molecule has 0 saturated heterocycles. The maximum atomic E-state index is 10.9. The van der Waals surface area contributed by atoms with Gasteiger partial charge in [-0.2, -0.15) is 5.26 Å². The third kappa shape index (κ3) is 3.75. The Kier molecular flexibility index (Phi) is 6.28. The van der Waals surface area contributed by atoms with Gasteiger partial charge in [0.15, 0.2) is 0 Å². The van der Waals surface area contributed by atoms with E-state index in [1.54, 1.807) is 19.2 Å². The molecule has 84 valence electrons. The fraction of sp³-hybridized carbons (Fsp3) is 0.100. The maximum Gasteiger partial charge on any atom is 1.00 e. The SMILES string of the molecule is CNc1cccc(NC(=O)C(=O)O)c1C#N.[H-].[Na+]. The molecule has 0 fully saturated rings. The molecule has 0 heterocycles. The summed E-state index contributed by atoms with van der Waals surface area (Å²) in [5.74, 6) is -2.77. The van der Waals surface area contributed by atoms with Crippen LogP contribution < -0.4 is 40.2 Å². The zero-order valence-corrected chi connectivity index (χ0v) is 11.4. The van der Waals surface area contributed by atoms with Crippen LogP contribution in [-0.4, -0.2) is 24.0 Å². The van der Waals surface area contributed by atoms with Gasteiger partial charge in [0, 0.05) is 7.05 Å². The number of benzene rings is 1. The molecule has 17 heavy (non-hydrogen) atoms. The number of carbonyl (C=O) groups is 2.